The molecular formula is C17H29IN4O. The molecule has 5 nitrogen and oxygen atoms in total. The molecule has 1 amide bonds. The maximum atomic E-state index is 12.3. The number of amides is 1. The Morgan fingerprint density at radius 2 is 1.87 bits per heavy atom. The Bertz CT molecular complexity index is 465. The lowest BCUT2D eigenvalue weighted by Crippen LogP contribution is -2.44. The van der Waals surface area contributed by atoms with Gasteiger partial charge in [0.15, 0.2) is 5.96 Å². The molecule has 0 aliphatic rings. The number of guanidine groups is 1. The summed E-state index contributed by atoms with van der Waals surface area (Å²) in [6, 6.07) is 10.0. The number of benzene rings is 1. The van der Waals surface area contributed by atoms with Gasteiger partial charge in [0.25, 0.3) is 0 Å². The number of hydrogen-bond donors (Lipinski definition) is 2. The molecule has 23 heavy (non-hydrogen) atoms. The lowest BCUT2D eigenvalue weighted by molar-refractivity contribution is -0.130. The van der Waals surface area contributed by atoms with Crippen LogP contribution in [0.2, 0.25) is 0 Å². The van der Waals surface area contributed by atoms with Gasteiger partial charge in [-0.1, -0.05) is 43.7 Å². The maximum absolute atomic E-state index is 12.3. The van der Waals surface area contributed by atoms with E-state index in [0.29, 0.717) is 19.0 Å². The normalized spacial score (nSPS) is 10.7. The summed E-state index contributed by atoms with van der Waals surface area (Å²) in [5.74, 6) is 0.752. The Morgan fingerprint density at radius 3 is 2.43 bits per heavy atom. The Labute approximate surface area is 157 Å². The molecular weight excluding hydrogens is 403 g/mol. The summed E-state index contributed by atoms with van der Waals surface area (Å²) < 4.78 is 0. The van der Waals surface area contributed by atoms with Crippen LogP contribution in [0.15, 0.2) is 35.3 Å². The molecule has 2 N–H and O–H groups in total. The number of halogens is 1. The van der Waals surface area contributed by atoms with E-state index < -0.39 is 0 Å². The highest BCUT2D eigenvalue weighted by Gasteiger charge is 2.12. The fourth-order valence-corrected chi connectivity index (χ4v) is 2.06. The molecule has 0 fully saturated rings. The number of hydrogen-bond acceptors (Lipinski definition) is 2. The largest absolute Gasteiger partial charge is 0.356 e. The van der Waals surface area contributed by atoms with Crippen molar-refractivity contribution in [3.05, 3.63) is 35.9 Å². The van der Waals surface area contributed by atoms with Gasteiger partial charge in [0.1, 0.15) is 0 Å². The van der Waals surface area contributed by atoms with Gasteiger partial charge in [0, 0.05) is 26.7 Å². The number of likely N-dealkylation sites (N-methyl/N-ethyl adjacent to an activating group) is 1. The molecule has 1 rings (SSSR count). The smallest absolute Gasteiger partial charge is 0.242 e. The van der Waals surface area contributed by atoms with Crippen molar-refractivity contribution in [3.8, 4) is 0 Å². The fourth-order valence-electron chi connectivity index (χ4n) is 2.06. The van der Waals surface area contributed by atoms with Crippen LogP contribution in [-0.4, -0.2) is 43.4 Å². The van der Waals surface area contributed by atoms with Crippen molar-refractivity contribution in [1.82, 2.24) is 15.5 Å². The van der Waals surface area contributed by atoms with E-state index in [-0.39, 0.29) is 36.4 Å². The third-order valence-electron chi connectivity index (χ3n) is 3.40. The van der Waals surface area contributed by atoms with Crippen molar-refractivity contribution in [3.63, 3.8) is 0 Å². The van der Waals surface area contributed by atoms with E-state index in [9.17, 15) is 4.79 Å². The van der Waals surface area contributed by atoms with Gasteiger partial charge in [-0.05, 0) is 18.9 Å². The van der Waals surface area contributed by atoms with E-state index in [4.69, 9.17) is 0 Å². The van der Waals surface area contributed by atoms with Gasteiger partial charge in [-0.3, -0.25) is 9.79 Å². The van der Waals surface area contributed by atoms with Crippen LogP contribution in [0.4, 0.5) is 0 Å². The quantitative estimate of drug-likeness (QED) is 0.288. The van der Waals surface area contributed by atoms with Crippen molar-refractivity contribution in [2.24, 2.45) is 4.99 Å². The summed E-state index contributed by atoms with van der Waals surface area (Å²) in [4.78, 5) is 18.3. The first-order chi connectivity index (χ1) is 10.7. The highest BCUT2D eigenvalue weighted by atomic mass is 127. The average Bonchev–Trinajstić information content (AvgIpc) is 2.56. The lowest BCUT2D eigenvalue weighted by Gasteiger charge is -2.22. The first kappa shape index (κ1) is 21.7. The topological polar surface area (TPSA) is 56.7 Å². The summed E-state index contributed by atoms with van der Waals surface area (Å²) in [5.41, 5.74) is 1.14. The second-order valence-electron chi connectivity index (χ2n) is 5.10. The van der Waals surface area contributed by atoms with Crippen LogP contribution in [-0.2, 0) is 11.3 Å². The minimum atomic E-state index is 0. The van der Waals surface area contributed by atoms with Crippen molar-refractivity contribution in [1.29, 1.82) is 0 Å². The van der Waals surface area contributed by atoms with Gasteiger partial charge in [-0.2, -0.15) is 0 Å². The second kappa shape index (κ2) is 13.2. The SMILES string of the molecule is CCCCNC(=NC)NCC(=O)N(CC)Cc1ccccc1.I. The molecule has 6 heteroatoms. The third kappa shape index (κ3) is 8.78. The zero-order valence-electron chi connectivity index (χ0n) is 14.3. The van der Waals surface area contributed by atoms with Gasteiger partial charge in [-0.25, -0.2) is 0 Å². The highest BCUT2D eigenvalue weighted by molar-refractivity contribution is 14.0. The summed E-state index contributed by atoms with van der Waals surface area (Å²) in [6.45, 7) is 6.59. The van der Waals surface area contributed by atoms with Crippen molar-refractivity contribution < 1.29 is 4.79 Å². The highest BCUT2D eigenvalue weighted by Crippen LogP contribution is 2.04. The van der Waals surface area contributed by atoms with Crippen LogP contribution < -0.4 is 10.6 Å². The van der Waals surface area contributed by atoms with E-state index in [1.807, 2.05) is 42.2 Å². The zero-order chi connectivity index (χ0) is 16.2. The minimum Gasteiger partial charge on any atom is -0.356 e. The number of carbonyl (C=O) groups excluding carboxylic acids is 1. The Hall–Kier alpha value is -1.31. The standard InChI is InChI=1S/C17H28N4O.HI/c1-4-6-12-19-17(18-3)20-13-16(22)21(5-2)14-15-10-8-7-9-11-15;/h7-11H,4-6,12-14H2,1-3H3,(H2,18,19,20);1H. The van der Waals surface area contributed by atoms with Crippen molar-refractivity contribution in [2.75, 3.05) is 26.7 Å². The minimum absolute atomic E-state index is 0. The predicted octanol–water partition coefficient (Wildman–Crippen LogP) is 2.62. The first-order valence-electron chi connectivity index (χ1n) is 7.97. The van der Waals surface area contributed by atoms with E-state index in [1.165, 1.54) is 0 Å². The van der Waals surface area contributed by atoms with E-state index in [1.54, 1.807) is 7.05 Å². The van der Waals surface area contributed by atoms with Gasteiger partial charge in [0.2, 0.25) is 5.91 Å². The predicted molar refractivity (Wildman–Crippen MR) is 107 cm³/mol. The molecule has 1 aromatic carbocycles. The molecule has 0 heterocycles. The lowest BCUT2D eigenvalue weighted by atomic mass is 10.2. The Kier molecular flexibility index (Phi) is 12.4. The van der Waals surface area contributed by atoms with Crippen molar-refractivity contribution >= 4 is 35.8 Å². The number of nitrogens with one attached hydrogen (secondary N) is 2. The average molecular weight is 432 g/mol. The summed E-state index contributed by atoms with van der Waals surface area (Å²) in [7, 11) is 1.72. The molecule has 0 radical (unpaired) electrons. The molecule has 0 aliphatic carbocycles. The van der Waals surface area contributed by atoms with E-state index >= 15 is 0 Å². The third-order valence-corrected chi connectivity index (χ3v) is 3.40. The van der Waals surface area contributed by atoms with Crippen LogP contribution in [0, 0.1) is 0 Å². The molecule has 0 unspecified atom stereocenters. The summed E-state index contributed by atoms with van der Waals surface area (Å²) in [6.07, 6.45) is 2.22. The van der Waals surface area contributed by atoms with Gasteiger partial charge < -0.3 is 15.5 Å². The Morgan fingerprint density at radius 1 is 1.17 bits per heavy atom. The molecule has 0 saturated carbocycles. The first-order valence-corrected chi connectivity index (χ1v) is 7.97. The number of aliphatic imine (C=N–C) groups is 1. The van der Waals surface area contributed by atoms with Gasteiger partial charge in [0.05, 0.1) is 6.54 Å². The van der Waals surface area contributed by atoms with E-state index in [0.717, 1.165) is 24.9 Å². The second-order valence-corrected chi connectivity index (χ2v) is 5.10. The maximum Gasteiger partial charge on any atom is 0.242 e. The number of nitrogens with zero attached hydrogens (tertiary/aromatic N) is 2. The van der Waals surface area contributed by atoms with Crippen LogP contribution in [0.25, 0.3) is 0 Å². The molecule has 130 valence electrons. The zero-order valence-corrected chi connectivity index (χ0v) is 16.7. The number of rotatable bonds is 8. The van der Waals surface area contributed by atoms with Gasteiger partial charge in [-0.15, -0.1) is 24.0 Å². The molecule has 0 saturated heterocycles. The van der Waals surface area contributed by atoms with Crippen molar-refractivity contribution in [2.45, 2.75) is 33.2 Å². The van der Waals surface area contributed by atoms with E-state index in [2.05, 4.69) is 22.5 Å². The summed E-state index contributed by atoms with van der Waals surface area (Å²) >= 11 is 0. The van der Waals surface area contributed by atoms with Crippen LogP contribution >= 0.6 is 24.0 Å². The summed E-state index contributed by atoms with van der Waals surface area (Å²) in [5, 5.41) is 6.28. The van der Waals surface area contributed by atoms with Gasteiger partial charge >= 0.3 is 0 Å². The fraction of sp³-hybridized carbons (Fsp3) is 0.529. The monoisotopic (exact) mass is 432 g/mol. The molecule has 0 bridgehead atoms. The van der Waals surface area contributed by atoms with Crippen LogP contribution in [0.3, 0.4) is 0 Å². The van der Waals surface area contributed by atoms with Crippen LogP contribution in [0.5, 0.6) is 0 Å². The number of carbonyl (C=O) groups is 1. The number of unbranched alkanes of at least 4 members (excludes halogenated alkanes) is 1. The molecule has 0 aliphatic heterocycles. The molecule has 0 spiro atoms. The van der Waals surface area contributed by atoms with Crippen LogP contribution in [0.1, 0.15) is 32.3 Å². The molecule has 0 aromatic heterocycles. The molecule has 1 aromatic rings. The Balaban J connectivity index is 0.00000484. The molecule has 0 atom stereocenters.